The van der Waals surface area contributed by atoms with Crippen LogP contribution in [-0.4, -0.2) is 51.2 Å². The van der Waals surface area contributed by atoms with Crippen LogP contribution in [-0.2, 0) is 14.3 Å². The summed E-state index contributed by atoms with van der Waals surface area (Å²) in [6.45, 7) is 8.17. The van der Waals surface area contributed by atoms with Crippen molar-refractivity contribution in [1.29, 1.82) is 0 Å². The van der Waals surface area contributed by atoms with E-state index in [1.807, 2.05) is 84.9 Å². The van der Waals surface area contributed by atoms with Gasteiger partial charge in [0.05, 0.1) is 31.6 Å². The van der Waals surface area contributed by atoms with Crippen molar-refractivity contribution in [3.8, 4) is 23.0 Å². The lowest BCUT2D eigenvalue weighted by Gasteiger charge is -2.19. The number of halogens is 1. The molecule has 1 unspecified atom stereocenters. The Morgan fingerprint density at radius 1 is 0.656 bits per heavy atom. The molecule has 0 fully saturated rings. The second kappa shape index (κ2) is 22.1. The van der Waals surface area contributed by atoms with Crippen LogP contribution in [0.5, 0.6) is 23.0 Å². The highest BCUT2D eigenvalue weighted by molar-refractivity contribution is 6.02. The van der Waals surface area contributed by atoms with Crippen LogP contribution in [0.4, 0.5) is 4.39 Å². The molecule has 0 aliphatic rings. The zero-order chi connectivity index (χ0) is 44.7. The molecular weight excluding hydrogens is 812 g/mol. The number of rotatable bonds is 20. The number of esters is 2. The number of carbonyl (C=O) groups excluding carboxylic acids is 2. The quantitative estimate of drug-likeness (QED) is 0.0186. The molecule has 1 atom stereocenters. The minimum absolute atomic E-state index is 0.0755. The number of nitrogens with zero attached hydrogens (tertiary/aromatic N) is 2. The fraction of sp³-hybridized carbons (Fsp3) is 0.208. The zero-order valence-electron chi connectivity index (χ0n) is 35.8. The molecule has 64 heavy (non-hydrogen) atoms. The molecule has 10 nitrogen and oxygen atoms in total. The Kier molecular flexibility index (Phi) is 15.4. The van der Waals surface area contributed by atoms with E-state index in [0.29, 0.717) is 29.4 Å². The summed E-state index contributed by atoms with van der Waals surface area (Å²) < 4.78 is 46.8. The molecule has 0 aliphatic carbocycles. The molecule has 0 aromatic heterocycles. The third-order valence-corrected chi connectivity index (χ3v) is 10.3. The average molecular weight is 861 g/mol. The molecule has 7 aromatic carbocycles. The average Bonchev–Trinajstić information content (AvgIpc) is 3.47. The summed E-state index contributed by atoms with van der Waals surface area (Å²) >= 11 is 0. The molecule has 0 saturated heterocycles. The second-order valence-corrected chi connectivity index (χ2v) is 14.8. The number of benzene rings is 6. The fourth-order valence-electron chi connectivity index (χ4n) is 6.98. The molecule has 0 saturated carbocycles. The lowest BCUT2D eigenvalue weighted by molar-refractivity contribution is -0.142. The second-order valence-electron chi connectivity index (χ2n) is 14.8. The molecule has 11 heteroatoms. The van der Waals surface area contributed by atoms with Gasteiger partial charge in [0, 0.05) is 16.3 Å². The molecule has 0 radical (unpaired) electrons. The first-order valence-electron chi connectivity index (χ1n) is 21.3. The number of hydrogen-bond acceptors (Lipinski definition) is 10. The van der Waals surface area contributed by atoms with Crippen molar-refractivity contribution in [3.63, 3.8) is 0 Å². The van der Waals surface area contributed by atoms with E-state index in [2.05, 4.69) is 49.4 Å². The van der Waals surface area contributed by atoms with Crippen molar-refractivity contribution in [2.45, 2.75) is 39.2 Å². The summed E-state index contributed by atoms with van der Waals surface area (Å²) in [5, 5.41) is 15.9. The first-order valence-corrected chi connectivity index (χ1v) is 21.3. The van der Waals surface area contributed by atoms with Gasteiger partial charge >= 0.3 is 11.9 Å². The highest BCUT2D eigenvalue weighted by Gasteiger charge is 2.16. The third-order valence-electron chi connectivity index (χ3n) is 10.3. The number of hydrogen-bond donors (Lipinski definition) is 0. The standard InChI is InChI=1S/C53H49FN2O8/c1-4-6-27-60-43-22-17-39(18-23-43)50(5-2)63-46-32-41-21-26-45(64-53(58)40-19-24-44(25-20-40)61-30-28-59-29-31-62-52(57)36(3)54)34-49(41)42(33-46)35-55-56-51-47-13-9-7-11-37(47)15-16-38-12-8-10-14-48(38)51/h7-26,32-35,50H,3-6,27-31H2,1-2H3/b55-35+. The highest BCUT2D eigenvalue weighted by Crippen LogP contribution is 2.33. The van der Waals surface area contributed by atoms with Crippen LogP contribution in [0.3, 0.4) is 0 Å². The monoisotopic (exact) mass is 860 g/mol. The highest BCUT2D eigenvalue weighted by atomic mass is 19.1. The van der Waals surface area contributed by atoms with Gasteiger partial charge in [-0.05, 0) is 101 Å². The van der Waals surface area contributed by atoms with Crippen molar-refractivity contribution >= 4 is 50.5 Å². The molecule has 0 N–H and O–H groups in total. The number of unbranched alkanes of at least 4 members (excludes halogenated alkanes) is 1. The topological polar surface area (TPSA) is 114 Å². The predicted molar refractivity (Wildman–Crippen MR) is 248 cm³/mol. The molecule has 0 aliphatic heterocycles. The third kappa shape index (κ3) is 11.8. The van der Waals surface area contributed by atoms with Gasteiger partial charge in [-0.3, -0.25) is 0 Å². The molecule has 326 valence electrons. The van der Waals surface area contributed by atoms with Crippen molar-refractivity contribution < 1.29 is 42.4 Å². The Balaban J connectivity index is 1.13. The normalized spacial score (nSPS) is 11.7. The van der Waals surface area contributed by atoms with Crippen molar-refractivity contribution in [1.82, 2.24) is 0 Å². The van der Waals surface area contributed by atoms with Crippen molar-refractivity contribution in [2.75, 3.05) is 33.0 Å². The van der Waals surface area contributed by atoms with Gasteiger partial charge < -0.3 is 28.4 Å². The van der Waals surface area contributed by atoms with Crippen LogP contribution in [0.2, 0.25) is 0 Å². The van der Waals surface area contributed by atoms with Gasteiger partial charge in [-0.15, -0.1) is 5.10 Å². The molecule has 7 aromatic rings. The van der Waals surface area contributed by atoms with Crippen molar-refractivity contribution in [3.05, 3.63) is 174 Å². The largest absolute Gasteiger partial charge is 0.494 e. The minimum Gasteiger partial charge on any atom is -0.494 e. The Labute approximate surface area is 371 Å². The first kappa shape index (κ1) is 44.7. The van der Waals surface area contributed by atoms with Gasteiger partial charge in [0.25, 0.3) is 0 Å². The maximum Gasteiger partial charge on any atom is 0.366 e. The van der Waals surface area contributed by atoms with E-state index in [1.165, 1.54) is 0 Å². The SMILES string of the molecule is C=C(F)C(=O)OCCOCCOc1ccc(C(=O)Oc2ccc3cc(OC(CC)c4ccc(OCCCC)cc4)cc(/C=N/N=c4c5ccccc5ccc5ccccc45)c3c2)cc1. The summed E-state index contributed by atoms with van der Waals surface area (Å²) in [6, 6.07) is 44.4. The van der Waals surface area contributed by atoms with Crippen LogP contribution in [0.25, 0.3) is 32.3 Å². The van der Waals surface area contributed by atoms with Gasteiger partial charge in [-0.25, -0.2) is 9.59 Å². The number of carbonyl (C=O) groups is 2. The Morgan fingerprint density at radius 3 is 1.95 bits per heavy atom. The minimum atomic E-state index is -1.16. The molecule has 0 bridgehead atoms. The zero-order valence-corrected chi connectivity index (χ0v) is 35.8. The lowest BCUT2D eigenvalue weighted by atomic mass is 10.0. The first-order chi connectivity index (χ1) is 31.3. The van der Waals surface area contributed by atoms with Crippen molar-refractivity contribution in [2.24, 2.45) is 10.2 Å². The predicted octanol–water partition coefficient (Wildman–Crippen LogP) is 11.4. The summed E-state index contributed by atoms with van der Waals surface area (Å²) in [5.41, 5.74) is 2.07. The Morgan fingerprint density at radius 2 is 1.28 bits per heavy atom. The van der Waals surface area contributed by atoms with E-state index in [4.69, 9.17) is 33.9 Å². The molecule has 0 heterocycles. The summed E-state index contributed by atoms with van der Waals surface area (Å²) in [4.78, 5) is 24.5. The number of fused-ring (bicyclic) bond motifs is 3. The van der Waals surface area contributed by atoms with E-state index >= 15 is 0 Å². The fourth-order valence-corrected chi connectivity index (χ4v) is 6.98. The van der Waals surface area contributed by atoms with Crippen LogP contribution in [0.1, 0.15) is 60.7 Å². The van der Waals surface area contributed by atoms with E-state index in [-0.39, 0.29) is 32.5 Å². The van der Waals surface area contributed by atoms with E-state index in [0.717, 1.165) is 73.8 Å². The van der Waals surface area contributed by atoms with Crippen LogP contribution >= 0.6 is 0 Å². The van der Waals surface area contributed by atoms with Crippen LogP contribution in [0, 0.1) is 0 Å². The maximum absolute atomic E-state index is 13.4. The summed E-state index contributed by atoms with van der Waals surface area (Å²) in [5.74, 6) is -0.488. The van der Waals surface area contributed by atoms with Gasteiger partial charge in [0.1, 0.15) is 47.7 Å². The molecule has 0 spiro atoms. The van der Waals surface area contributed by atoms with Crippen LogP contribution < -0.4 is 24.3 Å². The smallest absolute Gasteiger partial charge is 0.366 e. The van der Waals surface area contributed by atoms with Gasteiger partial charge in [0.2, 0.25) is 5.83 Å². The maximum atomic E-state index is 13.4. The lowest BCUT2D eigenvalue weighted by Crippen LogP contribution is -2.13. The molecular formula is C53H49FN2O8. The number of ether oxygens (including phenoxy) is 6. The summed E-state index contributed by atoms with van der Waals surface area (Å²) in [7, 11) is 0. The molecule has 7 rings (SSSR count). The van der Waals surface area contributed by atoms with Gasteiger partial charge in [-0.1, -0.05) is 106 Å². The Hall–Kier alpha value is -7.37. The van der Waals surface area contributed by atoms with Crippen LogP contribution in [0.15, 0.2) is 162 Å². The van der Waals surface area contributed by atoms with E-state index in [9.17, 15) is 14.0 Å². The molecule has 0 amide bonds. The summed E-state index contributed by atoms with van der Waals surface area (Å²) in [6.07, 6.45) is 4.29. The van der Waals surface area contributed by atoms with Gasteiger partial charge in [-0.2, -0.15) is 9.49 Å². The Bertz CT molecular complexity index is 2780. The van der Waals surface area contributed by atoms with Gasteiger partial charge in [0.15, 0.2) is 0 Å². The van der Waals surface area contributed by atoms with E-state index in [1.54, 1.807) is 36.5 Å². The van der Waals surface area contributed by atoms with E-state index < -0.39 is 17.8 Å².